The molecular weight excluding hydrogens is 224 g/mol. The van der Waals surface area contributed by atoms with Crippen LogP contribution in [0.1, 0.15) is 17.3 Å². The van der Waals surface area contributed by atoms with Crippen LogP contribution in [0.2, 0.25) is 0 Å². The van der Waals surface area contributed by atoms with Gasteiger partial charge in [0.15, 0.2) is 5.82 Å². The molecule has 17 heavy (non-hydrogen) atoms. The molecule has 0 aliphatic rings. The van der Waals surface area contributed by atoms with Crippen molar-refractivity contribution in [2.24, 2.45) is 0 Å². The Labute approximate surface area is 96.5 Å². The number of rotatable bonds is 4. The minimum absolute atomic E-state index is 0.0891. The molecule has 88 valence electrons. The molecule has 0 aliphatic carbocycles. The first kappa shape index (κ1) is 11.1. The standard InChI is InChI=1S/C11H10N2O4/c14-8-3-1-7(2-4-8)5-9-12-10(17-13-9)6-11(15)16/h1-4,14H,5-6H2,(H,15,16). The van der Waals surface area contributed by atoms with E-state index < -0.39 is 5.97 Å². The van der Waals surface area contributed by atoms with E-state index in [-0.39, 0.29) is 18.1 Å². The number of phenolic OH excluding ortho intramolecular Hbond substituents is 1. The average Bonchev–Trinajstić information content (AvgIpc) is 2.68. The lowest BCUT2D eigenvalue weighted by molar-refractivity contribution is -0.136. The van der Waals surface area contributed by atoms with Crippen LogP contribution in [0.3, 0.4) is 0 Å². The van der Waals surface area contributed by atoms with Crippen molar-refractivity contribution in [3.8, 4) is 5.75 Å². The summed E-state index contributed by atoms with van der Waals surface area (Å²) in [6.07, 6.45) is 0.159. The van der Waals surface area contributed by atoms with Gasteiger partial charge in [-0.1, -0.05) is 17.3 Å². The van der Waals surface area contributed by atoms with Gasteiger partial charge in [-0.3, -0.25) is 4.79 Å². The van der Waals surface area contributed by atoms with Crippen LogP contribution >= 0.6 is 0 Å². The van der Waals surface area contributed by atoms with Gasteiger partial charge in [0.2, 0.25) is 5.89 Å². The van der Waals surface area contributed by atoms with Crippen molar-refractivity contribution >= 4 is 5.97 Å². The zero-order valence-corrected chi connectivity index (χ0v) is 8.83. The molecule has 1 aromatic heterocycles. The monoisotopic (exact) mass is 234 g/mol. The van der Waals surface area contributed by atoms with Crippen LogP contribution in [0.4, 0.5) is 0 Å². The van der Waals surface area contributed by atoms with Crippen LogP contribution in [0.25, 0.3) is 0 Å². The highest BCUT2D eigenvalue weighted by molar-refractivity contribution is 5.68. The normalized spacial score (nSPS) is 10.4. The number of aromatic hydroxyl groups is 1. The van der Waals surface area contributed by atoms with Crippen LogP contribution < -0.4 is 0 Å². The first-order chi connectivity index (χ1) is 8.13. The van der Waals surface area contributed by atoms with Gasteiger partial charge in [0.05, 0.1) is 0 Å². The third kappa shape index (κ3) is 3.04. The number of aromatic nitrogens is 2. The van der Waals surface area contributed by atoms with E-state index in [0.717, 1.165) is 5.56 Å². The van der Waals surface area contributed by atoms with E-state index in [4.69, 9.17) is 14.7 Å². The van der Waals surface area contributed by atoms with Crippen molar-refractivity contribution in [2.45, 2.75) is 12.8 Å². The smallest absolute Gasteiger partial charge is 0.312 e. The summed E-state index contributed by atoms with van der Waals surface area (Å²) in [6.45, 7) is 0. The maximum absolute atomic E-state index is 10.4. The fraction of sp³-hybridized carbons (Fsp3) is 0.182. The molecule has 0 saturated carbocycles. The summed E-state index contributed by atoms with van der Waals surface area (Å²) in [5, 5.41) is 21.3. The van der Waals surface area contributed by atoms with Gasteiger partial charge in [-0.25, -0.2) is 0 Å². The van der Waals surface area contributed by atoms with E-state index in [9.17, 15) is 4.79 Å². The van der Waals surface area contributed by atoms with Crippen LogP contribution in [-0.2, 0) is 17.6 Å². The molecule has 0 fully saturated rings. The molecular formula is C11H10N2O4. The zero-order valence-electron chi connectivity index (χ0n) is 8.83. The number of carboxylic acids is 1. The van der Waals surface area contributed by atoms with E-state index in [0.29, 0.717) is 12.2 Å². The molecule has 2 aromatic rings. The van der Waals surface area contributed by atoms with Gasteiger partial charge in [0.25, 0.3) is 0 Å². The summed E-state index contributed by atoms with van der Waals surface area (Å²) < 4.78 is 4.78. The molecule has 1 heterocycles. The van der Waals surface area contributed by atoms with Crippen molar-refractivity contribution in [1.29, 1.82) is 0 Å². The van der Waals surface area contributed by atoms with E-state index in [1.165, 1.54) is 0 Å². The van der Waals surface area contributed by atoms with Crippen molar-refractivity contribution in [1.82, 2.24) is 10.1 Å². The summed E-state index contributed by atoms with van der Waals surface area (Å²) in [4.78, 5) is 14.4. The first-order valence-corrected chi connectivity index (χ1v) is 4.94. The summed E-state index contributed by atoms with van der Waals surface area (Å²) >= 11 is 0. The largest absolute Gasteiger partial charge is 0.508 e. The second-order valence-electron chi connectivity index (χ2n) is 3.52. The van der Waals surface area contributed by atoms with Gasteiger partial charge in [0.1, 0.15) is 12.2 Å². The molecule has 6 heteroatoms. The highest BCUT2D eigenvalue weighted by Gasteiger charge is 2.10. The molecule has 2 N–H and O–H groups in total. The topological polar surface area (TPSA) is 96.5 Å². The maximum Gasteiger partial charge on any atom is 0.312 e. The molecule has 6 nitrogen and oxygen atoms in total. The highest BCUT2D eigenvalue weighted by Crippen LogP contribution is 2.12. The summed E-state index contributed by atoms with van der Waals surface area (Å²) in [5.74, 6) is -0.309. The molecule has 0 unspecified atom stereocenters. The molecule has 1 aromatic carbocycles. The van der Waals surface area contributed by atoms with E-state index in [1.54, 1.807) is 24.3 Å². The fourth-order valence-corrected chi connectivity index (χ4v) is 1.36. The third-order valence-electron chi connectivity index (χ3n) is 2.11. The minimum Gasteiger partial charge on any atom is -0.508 e. The number of phenols is 1. The number of hydrogen-bond donors (Lipinski definition) is 2. The zero-order chi connectivity index (χ0) is 12.3. The summed E-state index contributed by atoms with van der Waals surface area (Å²) in [7, 11) is 0. The molecule has 0 saturated heterocycles. The molecule has 0 amide bonds. The molecule has 2 rings (SSSR count). The number of carboxylic acid groups (broad SMARTS) is 1. The fourth-order valence-electron chi connectivity index (χ4n) is 1.36. The SMILES string of the molecule is O=C(O)Cc1nc(Cc2ccc(O)cc2)no1. The van der Waals surface area contributed by atoms with E-state index in [2.05, 4.69) is 10.1 Å². The number of nitrogens with zero attached hydrogens (tertiary/aromatic N) is 2. The van der Waals surface area contributed by atoms with Crippen molar-refractivity contribution in [3.63, 3.8) is 0 Å². The predicted octanol–water partition coefficient (Wildman–Crippen LogP) is 0.993. The van der Waals surface area contributed by atoms with Crippen LogP contribution in [0.5, 0.6) is 5.75 Å². The lowest BCUT2D eigenvalue weighted by Gasteiger charge is -1.96. The maximum atomic E-state index is 10.4. The highest BCUT2D eigenvalue weighted by atomic mass is 16.5. The second-order valence-corrected chi connectivity index (χ2v) is 3.52. The lowest BCUT2D eigenvalue weighted by atomic mass is 10.1. The molecule has 0 bridgehead atoms. The Morgan fingerprint density at radius 1 is 1.29 bits per heavy atom. The Balaban J connectivity index is 2.06. The number of benzene rings is 1. The molecule has 0 radical (unpaired) electrons. The van der Waals surface area contributed by atoms with Gasteiger partial charge in [-0.05, 0) is 17.7 Å². The lowest BCUT2D eigenvalue weighted by Crippen LogP contribution is -2.00. The number of carbonyl (C=O) groups is 1. The number of aliphatic carboxylic acids is 1. The van der Waals surface area contributed by atoms with Gasteiger partial charge in [0, 0.05) is 6.42 Å². The Kier molecular flexibility index (Phi) is 3.04. The van der Waals surface area contributed by atoms with Crippen LogP contribution in [0, 0.1) is 0 Å². The van der Waals surface area contributed by atoms with Gasteiger partial charge in [-0.2, -0.15) is 4.98 Å². The second kappa shape index (κ2) is 4.65. The Morgan fingerprint density at radius 3 is 2.65 bits per heavy atom. The first-order valence-electron chi connectivity index (χ1n) is 4.94. The predicted molar refractivity (Wildman–Crippen MR) is 56.6 cm³/mol. The Bertz CT molecular complexity index is 519. The molecule has 0 atom stereocenters. The quantitative estimate of drug-likeness (QED) is 0.818. The molecule has 0 aliphatic heterocycles. The van der Waals surface area contributed by atoms with E-state index in [1.807, 2.05) is 0 Å². The van der Waals surface area contributed by atoms with Gasteiger partial charge >= 0.3 is 5.97 Å². The van der Waals surface area contributed by atoms with Crippen molar-refractivity contribution in [2.75, 3.05) is 0 Å². The van der Waals surface area contributed by atoms with Gasteiger partial charge in [-0.15, -0.1) is 0 Å². The number of hydrogen-bond acceptors (Lipinski definition) is 5. The van der Waals surface area contributed by atoms with Crippen molar-refractivity contribution < 1.29 is 19.5 Å². The Hall–Kier alpha value is -2.37. The van der Waals surface area contributed by atoms with Gasteiger partial charge < -0.3 is 14.7 Å². The summed E-state index contributed by atoms with van der Waals surface area (Å²) in [5.41, 5.74) is 0.908. The minimum atomic E-state index is -1.01. The van der Waals surface area contributed by atoms with Crippen LogP contribution in [-0.4, -0.2) is 26.3 Å². The van der Waals surface area contributed by atoms with Crippen LogP contribution in [0.15, 0.2) is 28.8 Å². The molecule has 0 spiro atoms. The van der Waals surface area contributed by atoms with Crippen molar-refractivity contribution in [3.05, 3.63) is 41.5 Å². The third-order valence-corrected chi connectivity index (χ3v) is 2.11. The average molecular weight is 234 g/mol. The Morgan fingerprint density at radius 2 is 2.00 bits per heavy atom. The summed E-state index contributed by atoms with van der Waals surface area (Å²) in [6, 6.07) is 6.60. The van der Waals surface area contributed by atoms with E-state index >= 15 is 0 Å².